The van der Waals surface area contributed by atoms with E-state index in [1.165, 1.54) is 4.31 Å². The number of benzene rings is 1. The Balaban J connectivity index is 2.36. The molecule has 0 unspecified atom stereocenters. The molecule has 112 valence electrons. The van der Waals surface area contributed by atoms with Gasteiger partial charge in [0.25, 0.3) is 0 Å². The lowest BCUT2D eigenvalue weighted by atomic mass is 10.2. The van der Waals surface area contributed by atoms with Crippen molar-refractivity contribution in [3.63, 3.8) is 0 Å². The summed E-state index contributed by atoms with van der Waals surface area (Å²) in [6, 6.07) is 2.55. The summed E-state index contributed by atoms with van der Waals surface area (Å²) in [7, 11) is -3.84. The quantitative estimate of drug-likeness (QED) is 0.903. The molecule has 0 atom stereocenters. The number of halogens is 2. The first-order valence-corrected chi connectivity index (χ1v) is 8.08. The minimum Gasteiger partial charge on any atom is -0.329 e. The number of hydrogen-bond acceptors (Lipinski definition) is 3. The van der Waals surface area contributed by atoms with Crippen LogP contribution in [0.1, 0.15) is 25.7 Å². The van der Waals surface area contributed by atoms with E-state index >= 15 is 0 Å². The zero-order valence-corrected chi connectivity index (χ0v) is 11.9. The molecule has 1 saturated carbocycles. The van der Waals surface area contributed by atoms with Crippen molar-refractivity contribution in [2.45, 2.75) is 36.6 Å². The van der Waals surface area contributed by atoms with Gasteiger partial charge in [-0.05, 0) is 31.0 Å². The van der Waals surface area contributed by atoms with Gasteiger partial charge in [-0.15, -0.1) is 0 Å². The fraction of sp³-hybridized carbons (Fsp3) is 0.538. The first kappa shape index (κ1) is 15.3. The average Bonchev–Trinajstić information content (AvgIpc) is 2.92. The van der Waals surface area contributed by atoms with Gasteiger partial charge >= 0.3 is 0 Å². The molecule has 1 aromatic rings. The van der Waals surface area contributed by atoms with Crippen LogP contribution in [0, 0.1) is 11.6 Å². The Labute approximate surface area is 117 Å². The maximum absolute atomic E-state index is 13.3. The lowest BCUT2D eigenvalue weighted by Crippen LogP contribution is -2.41. The van der Waals surface area contributed by atoms with Gasteiger partial charge in [-0.2, -0.15) is 4.31 Å². The van der Waals surface area contributed by atoms with E-state index in [0.717, 1.165) is 43.9 Å². The predicted octanol–water partition coefficient (Wildman–Crippen LogP) is 1.86. The standard InChI is InChI=1S/C13H18F2N2O2S/c14-12-6-5-11(9-13(12)15)20(18,19)17(8-7-16)10-3-1-2-4-10/h5-6,9-10H,1-4,7-8,16H2. The molecule has 2 N–H and O–H groups in total. The average molecular weight is 304 g/mol. The summed E-state index contributed by atoms with van der Waals surface area (Å²) >= 11 is 0. The maximum atomic E-state index is 13.3. The third kappa shape index (κ3) is 2.99. The van der Waals surface area contributed by atoms with Crippen molar-refractivity contribution in [2.75, 3.05) is 13.1 Å². The van der Waals surface area contributed by atoms with Crippen LogP contribution in [0.3, 0.4) is 0 Å². The zero-order valence-electron chi connectivity index (χ0n) is 11.1. The molecular weight excluding hydrogens is 286 g/mol. The molecule has 0 aliphatic heterocycles. The highest BCUT2D eigenvalue weighted by atomic mass is 32.2. The van der Waals surface area contributed by atoms with Gasteiger partial charge in [0, 0.05) is 19.1 Å². The molecule has 0 aromatic heterocycles. The molecule has 0 heterocycles. The van der Waals surface area contributed by atoms with E-state index in [-0.39, 0.29) is 24.0 Å². The Kier molecular flexibility index (Phi) is 4.72. The van der Waals surface area contributed by atoms with E-state index < -0.39 is 21.7 Å². The van der Waals surface area contributed by atoms with Gasteiger partial charge < -0.3 is 5.73 Å². The van der Waals surface area contributed by atoms with E-state index in [9.17, 15) is 17.2 Å². The third-order valence-corrected chi connectivity index (χ3v) is 5.53. The van der Waals surface area contributed by atoms with E-state index in [1.54, 1.807) is 0 Å². The van der Waals surface area contributed by atoms with Crippen LogP contribution >= 0.6 is 0 Å². The van der Waals surface area contributed by atoms with Crippen LogP contribution in [0.4, 0.5) is 8.78 Å². The molecule has 20 heavy (non-hydrogen) atoms. The van der Waals surface area contributed by atoms with Gasteiger partial charge in [-0.1, -0.05) is 12.8 Å². The molecule has 0 amide bonds. The minimum absolute atomic E-state index is 0.100. The van der Waals surface area contributed by atoms with Crippen molar-refractivity contribution in [3.05, 3.63) is 29.8 Å². The van der Waals surface area contributed by atoms with Gasteiger partial charge in [0.15, 0.2) is 11.6 Å². The van der Waals surface area contributed by atoms with E-state index in [1.807, 2.05) is 0 Å². The Morgan fingerprint density at radius 3 is 2.40 bits per heavy atom. The zero-order chi connectivity index (χ0) is 14.8. The van der Waals surface area contributed by atoms with Gasteiger partial charge in [-0.25, -0.2) is 17.2 Å². The van der Waals surface area contributed by atoms with Gasteiger partial charge in [-0.3, -0.25) is 0 Å². The maximum Gasteiger partial charge on any atom is 0.243 e. The van der Waals surface area contributed by atoms with Crippen molar-refractivity contribution < 1.29 is 17.2 Å². The topological polar surface area (TPSA) is 63.4 Å². The van der Waals surface area contributed by atoms with Crippen molar-refractivity contribution in [1.82, 2.24) is 4.31 Å². The van der Waals surface area contributed by atoms with Crippen molar-refractivity contribution in [2.24, 2.45) is 5.73 Å². The Hall–Kier alpha value is -1.05. The largest absolute Gasteiger partial charge is 0.329 e. The molecule has 1 aliphatic rings. The highest BCUT2D eigenvalue weighted by molar-refractivity contribution is 7.89. The highest BCUT2D eigenvalue weighted by Gasteiger charge is 2.33. The molecule has 0 spiro atoms. The third-order valence-electron chi connectivity index (χ3n) is 3.58. The normalized spacial score (nSPS) is 17.0. The van der Waals surface area contributed by atoms with Crippen LogP contribution in [0.5, 0.6) is 0 Å². The van der Waals surface area contributed by atoms with Crippen molar-refractivity contribution in [3.8, 4) is 0 Å². The molecule has 1 fully saturated rings. The van der Waals surface area contributed by atoms with Crippen LogP contribution in [0.25, 0.3) is 0 Å². The van der Waals surface area contributed by atoms with E-state index in [2.05, 4.69) is 0 Å². The van der Waals surface area contributed by atoms with Crippen LogP contribution in [0.2, 0.25) is 0 Å². The monoisotopic (exact) mass is 304 g/mol. The molecule has 7 heteroatoms. The summed E-state index contributed by atoms with van der Waals surface area (Å²) in [6.45, 7) is 0.380. The Morgan fingerprint density at radius 1 is 1.20 bits per heavy atom. The van der Waals surface area contributed by atoms with Gasteiger partial charge in [0.05, 0.1) is 4.90 Å². The number of sulfonamides is 1. The molecule has 1 aromatic carbocycles. The van der Waals surface area contributed by atoms with E-state index in [4.69, 9.17) is 5.73 Å². The number of nitrogens with zero attached hydrogens (tertiary/aromatic N) is 1. The molecular formula is C13H18F2N2O2S. The summed E-state index contributed by atoms with van der Waals surface area (Å²) in [4.78, 5) is -0.225. The summed E-state index contributed by atoms with van der Waals surface area (Å²) in [5, 5.41) is 0. The molecule has 1 aliphatic carbocycles. The molecule has 0 bridgehead atoms. The van der Waals surface area contributed by atoms with Crippen LogP contribution in [0.15, 0.2) is 23.1 Å². The summed E-state index contributed by atoms with van der Waals surface area (Å²) in [5.74, 6) is -2.22. The highest BCUT2D eigenvalue weighted by Crippen LogP contribution is 2.28. The van der Waals surface area contributed by atoms with Crippen molar-refractivity contribution in [1.29, 1.82) is 0 Å². The van der Waals surface area contributed by atoms with Crippen LogP contribution < -0.4 is 5.73 Å². The lowest BCUT2D eigenvalue weighted by molar-refractivity contribution is 0.328. The fourth-order valence-corrected chi connectivity index (χ4v) is 4.30. The second kappa shape index (κ2) is 6.15. The second-order valence-corrected chi connectivity index (χ2v) is 6.81. The summed E-state index contributed by atoms with van der Waals surface area (Å²) in [6.07, 6.45) is 3.50. The molecule has 2 rings (SSSR count). The predicted molar refractivity (Wildman–Crippen MR) is 71.6 cm³/mol. The van der Waals surface area contributed by atoms with Crippen molar-refractivity contribution >= 4 is 10.0 Å². The summed E-state index contributed by atoms with van der Waals surface area (Å²) < 4.78 is 52.6. The number of nitrogens with two attached hydrogens (primary N) is 1. The fourth-order valence-electron chi connectivity index (χ4n) is 2.59. The minimum atomic E-state index is -3.84. The Morgan fingerprint density at radius 2 is 1.85 bits per heavy atom. The van der Waals surface area contributed by atoms with Gasteiger partial charge in [0.2, 0.25) is 10.0 Å². The van der Waals surface area contributed by atoms with E-state index in [0.29, 0.717) is 0 Å². The van der Waals surface area contributed by atoms with Gasteiger partial charge in [0.1, 0.15) is 0 Å². The van der Waals surface area contributed by atoms with Crippen LogP contribution in [-0.4, -0.2) is 31.9 Å². The number of hydrogen-bond donors (Lipinski definition) is 1. The molecule has 0 saturated heterocycles. The first-order valence-electron chi connectivity index (χ1n) is 6.64. The molecule has 4 nitrogen and oxygen atoms in total. The molecule has 0 radical (unpaired) electrons. The Bertz CT molecular complexity index is 572. The SMILES string of the molecule is NCCN(C1CCCC1)S(=O)(=O)c1ccc(F)c(F)c1. The second-order valence-electron chi connectivity index (χ2n) is 4.92. The smallest absolute Gasteiger partial charge is 0.243 e. The number of rotatable bonds is 5. The first-order chi connectivity index (χ1) is 9.46. The lowest BCUT2D eigenvalue weighted by Gasteiger charge is -2.27. The summed E-state index contributed by atoms with van der Waals surface area (Å²) in [5.41, 5.74) is 5.49. The van der Waals surface area contributed by atoms with Crippen LogP contribution in [-0.2, 0) is 10.0 Å².